The number of rotatable bonds is 2. The number of nitrogens with zero attached hydrogens (tertiary/aromatic N) is 1. The second-order valence-electron chi connectivity index (χ2n) is 6.23. The van der Waals surface area contributed by atoms with E-state index in [4.69, 9.17) is 4.74 Å². The summed E-state index contributed by atoms with van der Waals surface area (Å²) in [4.78, 5) is 1.51. The zero-order chi connectivity index (χ0) is 15.6. The first-order valence-corrected chi connectivity index (χ1v) is 7.68. The van der Waals surface area contributed by atoms with E-state index in [1.807, 2.05) is 30.3 Å². The molecule has 2 fully saturated rings. The molecule has 122 valence electrons. The van der Waals surface area contributed by atoms with Crippen LogP contribution in [0.15, 0.2) is 30.3 Å². The number of ether oxygens (including phenoxy) is 1. The summed E-state index contributed by atoms with van der Waals surface area (Å²) in [6.45, 7) is 1.37. The first-order chi connectivity index (χ1) is 10.5. The summed E-state index contributed by atoms with van der Waals surface area (Å²) in [5.74, 6) is 0. The van der Waals surface area contributed by atoms with Gasteiger partial charge in [0, 0.05) is 13.1 Å². The van der Waals surface area contributed by atoms with Gasteiger partial charge in [-0.2, -0.15) is 13.2 Å². The van der Waals surface area contributed by atoms with Gasteiger partial charge in [0.25, 0.3) is 0 Å². The molecule has 0 aromatic heterocycles. The maximum atomic E-state index is 12.8. The lowest BCUT2D eigenvalue weighted by Gasteiger charge is -2.48. The summed E-state index contributed by atoms with van der Waals surface area (Å²) in [6.07, 6.45) is -2.96. The Hall–Kier alpha value is -1.11. The lowest BCUT2D eigenvalue weighted by atomic mass is 9.88. The summed E-state index contributed by atoms with van der Waals surface area (Å²) in [7, 11) is 0. The van der Waals surface area contributed by atoms with Crippen LogP contribution in [0.1, 0.15) is 24.5 Å². The molecule has 3 nitrogen and oxygen atoms in total. The van der Waals surface area contributed by atoms with E-state index in [1.165, 1.54) is 4.90 Å². The Balaban J connectivity index is 1.81. The van der Waals surface area contributed by atoms with E-state index in [-0.39, 0.29) is 6.10 Å². The molecule has 2 saturated heterocycles. The standard InChI is InChI=1S/C16H21F3N2O/c17-16(18,19)12-21-10-14(13-4-2-1-3-5-13)22-15(11-21)6-8-20-9-7-15/h1-5,14,20H,6-12H2. The topological polar surface area (TPSA) is 24.5 Å². The highest BCUT2D eigenvalue weighted by Crippen LogP contribution is 2.37. The van der Waals surface area contributed by atoms with Gasteiger partial charge in [0.15, 0.2) is 0 Å². The highest BCUT2D eigenvalue weighted by atomic mass is 19.4. The minimum Gasteiger partial charge on any atom is -0.364 e. The van der Waals surface area contributed by atoms with Crippen LogP contribution in [-0.4, -0.2) is 49.4 Å². The predicted octanol–water partition coefficient (Wildman–Crippen LogP) is 2.74. The van der Waals surface area contributed by atoms with E-state index in [1.54, 1.807) is 0 Å². The fourth-order valence-corrected chi connectivity index (χ4v) is 3.46. The van der Waals surface area contributed by atoms with E-state index in [0.29, 0.717) is 13.1 Å². The Kier molecular flexibility index (Phi) is 4.43. The molecule has 2 heterocycles. The maximum Gasteiger partial charge on any atom is 0.401 e. The predicted molar refractivity (Wildman–Crippen MR) is 77.6 cm³/mol. The Morgan fingerprint density at radius 2 is 1.86 bits per heavy atom. The fraction of sp³-hybridized carbons (Fsp3) is 0.625. The molecule has 1 aromatic rings. The monoisotopic (exact) mass is 314 g/mol. The van der Waals surface area contributed by atoms with Crippen LogP contribution in [0, 0.1) is 0 Å². The molecule has 2 aliphatic heterocycles. The van der Waals surface area contributed by atoms with Gasteiger partial charge in [-0.15, -0.1) is 0 Å². The van der Waals surface area contributed by atoms with Gasteiger partial charge in [-0.05, 0) is 31.5 Å². The molecule has 22 heavy (non-hydrogen) atoms. The molecule has 1 N–H and O–H groups in total. The van der Waals surface area contributed by atoms with E-state index >= 15 is 0 Å². The van der Waals surface area contributed by atoms with Gasteiger partial charge in [0.1, 0.15) is 0 Å². The minimum absolute atomic E-state index is 0.290. The molecule has 1 aromatic carbocycles. The second kappa shape index (κ2) is 6.18. The van der Waals surface area contributed by atoms with Crippen molar-refractivity contribution in [3.63, 3.8) is 0 Å². The third kappa shape index (κ3) is 3.80. The summed E-state index contributed by atoms with van der Waals surface area (Å²) in [5, 5.41) is 3.25. The first kappa shape index (κ1) is 15.8. The second-order valence-corrected chi connectivity index (χ2v) is 6.23. The Labute approximate surface area is 128 Å². The molecule has 2 aliphatic rings. The van der Waals surface area contributed by atoms with Gasteiger partial charge in [-0.3, -0.25) is 4.90 Å². The van der Waals surface area contributed by atoms with Crippen LogP contribution in [0.2, 0.25) is 0 Å². The molecule has 0 bridgehead atoms. The van der Waals surface area contributed by atoms with Crippen molar-refractivity contribution in [2.45, 2.75) is 30.7 Å². The van der Waals surface area contributed by atoms with Crippen molar-refractivity contribution in [2.24, 2.45) is 0 Å². The number of benzene rings is 1. The molecule has 0 radical (unpaired) electrons. The van der Waals surface area contributed by atoms with E-state index in [2.05, 4.69) is 5.32 Å². The molecule has 1 unspecified atom stereocenters. The molecule has 0 aliphatic carbocycles. The number of alkyl halides is 3. The Bertz CT molecular complexity index is 486. The third-order valence-electron chi connectivity index (χ3n) is 4.42. The lowest BCUT2D eigenvalue weighted by molar-refractivity contribution is -0.202. The molecule has 3 rings (SSSR count). The maximum absolute atomic E-state index is 12.8. The van der Waals surface area contributed by atoms with Crippen molar-refractivity contribution in [2.75, 3.05) is 32.7 Å². The summed E-state index contributed by atoms with van der Waals surface area (Å²) in [6, 6.07) is 9.56. The SMILES string of the molecule is FC(F)(F)CN1CC(c2ccccc2)OC2(CCNCC2)C1. The van der Waals surface area contributed by atoms with E-state index in [9.17, 15) is 13.2 Å². The van der Waals surface area contributed by atoms with Crippen LogP contribution >= 0.6 is 0 Å². The van der Waals surface area contributed by atoms with Crippen molar-refractivity contribution in [3.05, 3.63) is 35.9 Å². The fourth-order valence-electron chi connectivity index (χ4n) is 3.46. The van der Waals surface area contributed by atoms with Gasteiger partial charge in [0.05, 0.1) is 18.2 Å². The van der Waals surface area contributed by atoms with Gasteiger partial charge < -0.3 is 10.1 Å². The molecule has 0 saturated carbocycles. The van der Waals surface area contributed by atoms with Crippen LogP contribution in [-0.2, 0) is 4.74 Å². The van der Waals surface area contributed by atoms with E-state index < -0.39 is 18.3 Å². The molecular weight excluding hydrogens is 293 g/mol. The number of morpholine rings is 1. The summed E-state index contributed by atoms with van der Waals surface area (Å²) >= 11 is 0. The highest BCUT2D eigenvalue weighted by molar-refractivity contribution is 5.19. The van der Waals surface area contributed by atoms with Crippen LogP contribution in [0.4, 0.5) is 13.2 Å². The van der Waals surface area contributed by atoms with Crippen LogP contribution in [0.25, 0.3) is 0 Å². The van der Waals surface area contributed by atoms with Gasteiger partial charge >= 0.3 is 6.18 Å². The molecular formula is C16H21F3N2O. The van der Waals surface area contributed by atoms with Crippen LogP contribution in [0.3, 0.4) is 0 Å². The van der Waals surface area contributed by atoms with Crippen LogP contribution < -0.4 is 5.32 Å². The van der Waals surface area contributed by atoms with Crippen molar-refractivity contribution in [1.29, 1.82) is 0 Å². The molecule has 6 heteroatoms. The van der Waals surface area contributed by atoms with Gasteiger partial charge in [-0.1, -0.05) is 30.3 Å². The summed E-state index contributed by atoms with van der Waals surface area (Å²) in [5.41, 5.74) is 0.488. The first-order valence-electron chi connectivity index (χ1n) is 7.68. The van der Waals surface area contributed by atoms with Gasteiger partial charge in [-0.25, -0.2) is 0 Å². The number of nitrogens with one attached hydrogen (secondary N) is 1. The van der Waals surface area contributed by atoms with Crippen LogP contribution in [0.5, 0.6) is 0 Å². The normalized spacial score (nSPS) is 26.2. The van der Waals surface area contributed by atoms with Crippen molar-refractivity contribution < 1.29 is 17.9 Å². The van der Waals surface area contributed by atoms with E-state index in [0.717, 1.165) is 31.5 Å². The number of hydrogen-bond acceptors (Lipinski definition) is 3. The van der Waals surface area contributed by atoms with Crippen molar-refractivity contribution in [1.82, 2.24) is 10.2 Å². The minimum atomic E-state index is -4.17. The van der Waals surface area contributed by atoms with Gasteiger partial charge in [0.2, 0.25) is 0 Å². The Morgan fingerprint density at radius 3 is 2.50 bits per heavy atom. The van der Waals surface area contributed by atoms with Crippen molar-refractivity contribution >= 4 is 0 Å². The Morgan fingerprint density at radius 1 is 1.18 bits per heavy atom. The lowest BCUT2D eigenvalue weighted by Crippen LogP contribution is -2.58. The summed E-state index contributed by atoms with van der Waals surface area (Å²) < 4.78 is 44.8. The largest absolute Gasteiger partial charge is 0.401 e. The number of hydrogen-bond donors (Lipinski definition) is 1. The average molecular weight is 314 g/mol. The molecule has 1 atom stereocenters. The number of halogens is 3. The quantitative estimate of drug-likeness (QED) is 0.908. The zero-order valence-electron chi connectivity index (χ0n) is 12.4. The third-order valence-corrected chi connectivity index (χ3v) is 4.42. The number of piperidine rings is 1. The smallest absolute Gasteiger partial charge is 0.364 e. The molecule has 1 spiro atoms. The highest BCUT2D eigenvalue weighted by Gasteiger charge is 2.44. The zero-order valence-corrected chi connectivity index (χ0v) is 12.4. The van der Waals surface area contributed by atoms with Crippen molar-refractivity contribution in [3.8, 4) is 0 Å². The molecule has 0 amide bonds. The average Bonchev–Trinajstić information content (AvgIpc) is 2.46.